The second-order valence-corrected chi connectivity index (χ2v) is 4.81. The summed E-state index contributed by atoms with van der Waals surface area (Å²) in [6, 6.07) is 0. The highest BCUT2D eigenvalue weighted by atomic mass is 16.3. The van der Waals surface area contributed by atoms with E-state index in [4.69, 9.17) is 0 Å². The number of anilines is 2. The Balaban J connectivity index is 2.65. The molecule has 0 aliphatic carbocycles. The summed E-state index contributed by atoms with van der Waals surface area (Å²) in [5.41, 5.74) is 0.988. The van der Waals surface area contributed by atoms with Crippen molar-refractivity contribution in [1.29, 1.82) is 0 Å². The Kier molecular flexibility index (Phi) is 5.85. The first-order valence-corrected chi connectivity index (χ1v) is 6.53. The highest BCUT2D eigenvalue weighted by Gasteiger charge is 2.11. The van der Waals surface area contributed by atoms with Crippen LogP contribution in [0.5, 0.6) is 0 Å². The van der Waals surface area contributed by atoms with Gasteiger partial charge < -0.3 is 15.7 Å². The molecule has 0 aromatic carbocycles. The summed E-state index contributed by atoms with van der Waals surface area (Å²) < 4.78 is 0. The van der Waals surface area contributed by atoms with Gasteiger partial charge in [0, 0.05) is 18.7 Å². The third-order valence-electron chi connectivity index (χ3n) is 2.87. The van der Waals surface area contributed by atoms with Gasteiger partial charge in [-0.2, -0.15) is 0 Å². The van der Waals surface area contributed by atoms with Gasteiger partial charge in [-0.15, -0.1) is 0 Å². The summed E-state index contributed by atoms with van der Waals surface area (Å²) in [7, 11) is 0. The fourth-order valence-corrected chi connectivity index (χ4v) is 1.49. The lowest BCUT2D eigenvalue weighted by Gasteiger charge is -2.17. The van der Waals surface area contributed by atoms with Crippen molar-refractivity contribution in [2.75, 3.05) is 23.7 Å². The number of aliphatic hydroxyl groups excluding tert-OH is 1. The molecule has 0 radical (unpaired) electrons. The van der Waals surface area contributed by atoms with Crippen molar-refractivity contribution in [1.82, 2.24) is 9.97 Å². The van der Waals surface area contributed by atoms with Gasteiger partial charge in [-0.1, -0.05) is 20.8 Å². The number of aromatic nitrogens is 2. The van der Waals surface area contributed by atoms with Crippen molar-refractivity contribution in [3.8, 4) is 0 Å². The highest BCUT2D eigenvalue weighted by molar-refractivity contribution is 5.56. The van der Waals surface area contributed by atoms with Crippen LogP contribution in [0, 0.1) is 12.8 Å². The molecule has 102 valence electrons. The maximum Gasteiger partial charge on any atom is 0.134 e. The molecule has 3 N–H and O–H groups in total. The maximum atomic E-state index is 9.77. The lowest BCUT2D eigenvalue weighted by molar-refractivity contribution is 0.138. The van der Waals surface area contributed by atoms with Crippen molar-refractivity contribution < 1.29 is 5.11 Å². The number of rotatable bonds is 7. The van der Waals surface area contributed by atoms with E-state index in [0.717, 1.165) is 30.2 Å². The Hall–Kier alpha value is -1.36. The number of aliphatic hydroxyl groups is 1. The van der Waals surface area contributed by atoms with Gasteiger partial charge in [-0.05, 0) is 19.3 Å². The van der Waals surface area contributed by atoms with Crippen LogP contribution >= 0.6 is 0 Å². The van der Waals surface area contributed by atoms with Gasteiger partial charge in [0.2, 0.25) is 0 Å². The number of nitrogens with one attached hydrogen (secondary N) is 2. The zero-order chi connectivity index (χ0) is 13.5. The number of hydrogen-bond acceptors (Lipinski definition) is 5. The minimum absolute atomic E-state index is 0.234. The van der Waals surface area contributed by atoms with E-state index in [1.165, 1.54) is 6.33 Å². The molecule has 1 heterocycles. The minimum Gasteiger partial charge on any atom is -0.391 e. The molecule has 1 rings (SSSR count). The molecule has 0 aliphatic rings. The second-order valence-electron chi connectivity index (χ2n) is 4.81. The minimum atomic E-state index is -0.369. The molecule has 0 aliphatic heterocycles. The number of nitrogens with zero attached hydrogens (tertiary/aromatic N) is 2. The molecular weight excluding hydrogens is 228 g/mol. The molecule has 0 spiro atoms. The summed E-state index contributed by atoms with van der Waals surface area (Å²) in [5, 5.41) is 16.2. The standard InChI is InChI=1S/C13H24N4O/c1-5-6-14-12-10(4)13(17-8-16-12)15-7-11(18)9(2)3/h8-9,11,18H,5-7H2,1-4H3,(H2,14,15,16,17). The summed E-state index contributed by atoms with van der Waals surface area (Å²) in [6.07, 6.45) is 2.22. The molecule has 0 saturated heterocycles. The monoisotopic (exact) mass is 252 g/mol. The van der Waals surface area contributed by atoms with Crippen molar-refractivity contribution in [2.24, 2.45) is 5.92 Å². The Morgan fingerprint density at radius 3 is 2.39 bits per heavy atom. The van der Waals surface area contributed by atoms with Gasteiger partial charge in [0.25, 0.3) is 0 Å². The van der Waals surface area contributed by atoms with Crippen molar-refractivity contribution in [2.45, 2.75) is 40.2 Å². The smallest absolute Gasteiger partial charge is 0.134 e. The summed E-state index contributed by atoms with van der Waals surface area (Å²) >= 11 is 0. The van der Waals surface area contributed by atoms with Crippen LogP contribution < -0.4 is 10.6 Å². The highest BCUT2D eigenvalue weighted by Crippen LogP contribution is 2.18. The molecule has 1 aromatic rings. The lowest BCUT2D eigenvalue weighted by atomic mass is 10.1. The van der Waals surface area contributed by atoms with Gasteiger partial charge in [-0.3, -0.25) is 0 Å². The lowest BCUT2D eigenvalue weighted by Crippen LogP contribution is -2.25. The first-order valence-electron chi connectivity index (χ1n) is 6.53. The van der Waals surface area contributed by atoms with Crippen LogP contribution in [0.15, 0.2) is 6.33 Å². The molecule has 5 heteroatoms. The fraction of sp³-hybridized carbons (Fsp3) is 0.692. The second kappa shape index (κ2) is 7.16. The first kappa shape index (κ1) is 14.7. The molecule has 18 heavy (non-hydrogen) atoms. The molecule has 0 saturated carbocycles. The molecule has 1 aromatic heterocycles. The molecule has 5 nitrogen and oxygen atoms in total. The Morgan fingerprint density at radius 1 is 1.22 bits per heavy atom. The van der Waals surface area contributed by atoms with Crippen LogP contribution in [0.3, 0.4) is 0 Å². The van der Waals surface area contributed by atoms with E-state index >= 15 is 0 Å². The maximum absolute atomic E-state index is 9.77. The molecule has 0 bridgehead atoms. The quantitative estimate of drug-likeness (QED) is 0.692. The van der Waals surface area contributed by atoms with Crippen molar-refractivity contribution in [3.63, 3.8) is 0 Å². The molecule has 1 atom stereocenters. The normalized spacial score (nSPS) is 12.6. The average Bonchev–Trinajstić information content (AvgIpc) is 2.35. The van der Waals surface area contributed by atoms with E-state index in [2.05, 4.69) is 27.5 Å². The van der Waals surface area contributed by atoms with Crippen LogP contribution in [-0.4, -0.2) is 34.3 Å². The Morgan fingerprint density at radius 2 is 1.83 bits per heavy atom. The SMILES string of the molecule is CCCNc1ncnc(NCC(O)C(C)C)c1C. The largest absolute Gasteiger partial charge is 0.391 e. The molecule has 1 unspecified atom stereocenters. The molecule has 0 amide bonds. The van der Waals surface area contributed by atoms with E-state index < -0.39 is 0 Å². The molecule has 0 fully saturated rings. The average molecular weight is 252 g/mol. The van der Waals surface area contributed by atoms with Gasteiger partial charge >= 0.3 is 0 Å². The van der Waals surface area contributed by atoms with E-state index in [9.17, 15) is 5.11 Å². The van der Waals surface area contributed by atoms with Crippen LogP contribution in [0.2, 0.25) is 0 Å². The predicted octanol–water partition coefficient (Wildman–Crippen LogP) is 2.04. The van der Waals surface area contributed by atoms with Gasteiger partial charge in [0.1, 0.15) is 18.0 Å². The van der Waals surface area contributed by atoms with E-state index in [-0.39, 0.29) is 12.0 Å². The third-order valence-corrected chi connectivity index (χ3v) is 2.87. The van der Waals surface area contributed by atoms with E-state index in [1.54, 1.807) is 0 Å². The summed E-state index contributed by atoms with van der Waals surface area (Å²) in [4.78, 5) is 8.42. The Labute approximate surface area is 109 Å². The topological polar surface area (TPSA) is 70.1 Å². The van der Waals surface area contributed by atoms with Gasteiger partial charge in [0.05, 0.1) is 6.10 Å². The van der Waals surface area contributed by atoms with Crippen molar-refractivity contribution >= 4 is 11.6 Å². The molecular formula is C13H24N4O. The summed E-state index contributed by atoms with van der Waals surface area (Å²) in [6.45, 7) is 9.47. The first-order chi connectivity index (χ1) is 8.56. The Bertz CT molecular complexity index is 368. The van der Waals surface area contributed by atoms with Crippen LogP contribution in [0.1, 0.15) is 32.8 Å². The zero-order valence-electron chi connectivity index (χ0n) is 11.7. The summed E-state index contributed by atoms with van der Waals surface area (Å²) in [5.74, 6) is 1.87. The van der Waals surface area contributed by atoms with Gasteiger partial charge in [-0.25, -0.2) is 9.97 Å². The van der Waals surface area contributed by atoms with Crippen molar-refractivity contribution in [3.05, 3.63) is 11.9 Å². The number of hydrogen-bond donors (Lipinski definition) is 3. The fourth-order valence-electron chi connectivity index (χ4n) is 1.49. The van der Waals surface area contributed by atoms with Crippen LogP contribution in [-0.2, 0) is 0 Å². The van der Waals surface area contributed by atoms with E-state index in [0.29, 0.717) is 6.54 Å². The predicted molar refractivity (Wildman–Crippen MR) is 74.9 cm³/mol. The van der Waals surface area contributed by atoms with E-state index in [1.807, 2.05) is 20.8 Å². The van der Waals surface area contributed by atoms with Crippen LogP contribution in [0.4, 0.5) is 11.6 Å². The zero-order valence-corrected chi connectivity index (χ0v) is 11.7. The third kappa shape index (κ3) is 4.14. The van der Waals surface area contributed by atoms with Gasteiger partial charge in [0.15, 0.2) is 0 Å². The van der Waals surface area contributed by atoms with Crippen LogP contribution in [0.25, 0.3) is 0 Å².